The van der Waals surface area contributed by atoms with Crippen molar-refractivity contribution in [3.63, 3.8) is 0 Å². The van der Waals surface area contributed by atoms with E-state index in [1.54, 1.807) is 12.4 Å². The van der Waals surface area contributed by atoms with Gasteiger partial charge in [-0.25, -0.2) is 9.97 Å². The normalized spacial score (nSPS) is 24.5. The van der Waals surface area contributed by atoms with E-state index in [1.165, 1.54) is 25.7 Å². The van der Waals surface area contributed by atoms with Crippen molar-refractivity contribution < 1.29 is 0 Å². The summed E-state index contributed by atoms with van der Waals surface area (Å²) in [6.07, 6.45) is 9.75. The van der Waals surface area contributed by atoms with E-state index in [2.05, 4.69) is 25.6 Å². The van der Waals surface area contributed by atoms with Crippen LogP contribution in [0, 0.1) is 0 Å². The van der Waals surface area contributed by atoms with Crippen LogP contribution in [-0.4, -0.2) is 33.1 Å². The summed E-state index contributed by atoms with van der Waals surface area (Å²) < 4.78 is 0. The van der Waals surface area contributed by atoms with Crippen LogP contribution in [0.25, 0.3) is 11.2 Å². The number of pyridine rings is 1. The van der Waals surface area contributed by atoms with E-state index in [9.17, 15) is 0 Å². The first-order valence-electron chi connectivity index (χ1n) is 7.42. The maximum Gasteiger partial charge on any atom is 0.180 e. The lowest BCUT2D eigenvalue weighted by Crippen LogP contribution is -2.58. The first-order chi connectivity index (χ1) is 9.83. The van der Waals surface area contributed by atoms with E-state index >= 15 is 0 Å². The maximum absolute atomic E-state index is 4.56. The molecule has 0 amide bonds. The third kappa shape index (κ3) is 2.12. The molecule has 5 nitrogen and oxygen atoms in total. The summed E-state index contributed by atoms with van der Waals surface area (Å²) >= 11 is 0. The van der Waals surface area contributed by atoms with Crippen LogP contribution >= 0.6 is 0 Å². The summed E-state index contributed by atoms with van der Waals surface area (Å²) in [5.41, 5.74) is 1.97. The molecular formula is C15H19N5. The molecule has 1 saturated carbocycles. The fourth-order valence-electron chi connectivity index (χ4n) is 3.41. The third-order valence-corrected chi connectivity index (χ3v) is 4.62. The van der Waals surface area contributed by atoms with Gasteiger partial charge in [-0.15, -0.1) is 0 Å². The monoisotopic (exact) mass is 269 g/mol. The second-order valence-electron chi connectivity index (χ2n) is 5.99. The molecular weight excluding hydrogens is 250 g/mol. The molecule has 2 aromatic heterocycles. The molecule has 1 saturated heterocycles. The van der Waals surface area contributed by atoms with Gasteiger partial charge >= 0.3 is 0 Å². The van der Waals surface area contributed by atoms with E-state index in [0.717, 1.165) is 24.3 Å². The van der Waals surface area contributed by atoms with Crippen molar-refractivity contribution in [1.29, 1.82) is 0 Å². The summed E-state index contributed by atoms with van der Waals surface area (Å²) in [5.74, 6) is 0.916. The van der Waals surface area contributed by atoms with Gasteiger partial charge in [0.1, 0.15) is 11.3 Å². The van der Waals surface area contributed by atoms with Gasteiger partial charge in [-0.05, 0) is 50.8 Å². The average molecular weight is 269 g/mol. The van der Waals surface area contributed by atoms with Crippen molar-refractivity contribution in [2.24, 2.45) is 0 Å². The van der Waals surface area contributed by atoms with Crippen LogP contribution in [0.2, 0.25) is 0 Å². The highest BCUT2D eigenvalue weighted by Crippen LogP contribution is 2.38. The second kappa shape index (κ2) is 4.66. The molecule has 1 atom stereocenters. The van der Waals surface area contributed by atoms with Gasteiger partial charge in [0.05, 0.1) is 0 Å². The molecule has 1 spiro atoms. The second-order valence-corrected chi connectivity index (χ2v) is 5.99. The van der Waals surface area contributed by atoms with Crippen LogP contribution in [-0.2, 0) is 0 Å². The van der Waals surface area contributed by atoms with E-state index < -0.39 is 0 Å². The molecule has 20 heavy (non-hydrogen) atoms. The van der Waals surface area contributed by atoms with E-state index in [0.29, 0.717) is 17.2 Å². The van der Waals surface area contributed by atoms with Crippen molar-refractivity contribution in [1.82, 2.24) is 20.3 Å². The molecule has 0 bridgehead atoms. The van der Waals surface area contributed by atoms with Gasteiger partial charge in [0.25, 0.3) is 0 Å². The number of hydrogen-bond donors (Lipinski definition) is 2. The zero-order chi connectivity index (χ0) is 13.4. The molecule has 2 aliphatic rings. The SMILES string of the molecule is c1cnc2nc(NC3CCNC4(CCC4)C3)ccc2n1. The average Bonchev–Trinajstić information content (AvgIpc) is 2.46. The number of anilines is 1. The zero-order valence-corrected chi connectivity index (χ0v) is 11.5. The largest absolute Gasteiger partial charge is 0.367 e. The maximum atomic E-state index is 4.56. The minimum absolute atomic E-state index is 0.409. The fourth-order valence-corrected chi connectivity index (χ4v) is 3.41. The Kier molecular flexibility index (Phi) is 2.80. The van der Waals surface area contributed by atoms with Gasteiger partial charge in [0.15, 0.2) is 5.65 Å². The van der Waals surface area contributed by atoms with Crippen molar-refractivity contribution >= 4 is 17.0 Å². The molecule has 104 valence electrons. The lowest BCUT2D eigenvalue weighted by atomic mass is 9.70. The predicted molar refractivity (Wildman–Crippen MR) is 78.6 cm³/mol. The Hall–Kier alpha value is -1.75. The van der Waals surface area contributed by atoms with Gasteiger partial charge < -0.3 is 10.6 Å². The molecule has 2 N–H and O–H groups in total. The van der Waals surface area contributed by atoms with Crippen molar-refractivity contribution in [2.75, 3.05) is 11.9 Å². The number of aromatic nitrogens is 3. The molecule has 1 aliphatic carbocycles. The van der Waals surface area contributed by atoms with Crippen molar-refractivity contribution in [3.05, 3.63) is 24.5 Å². The van der Waals surface area contributed by atoms with Crippen LogP contribution < -0.4 is 10.6 Å². The van der Waals surface area contributed by atoms with Gasteiger partial charge in [-0.2, -0.15) is 0 Å². The van der Waals surface area contributed by atoms with Crippen molar-refractivity contribution in [3.8, 4) is 0 Å². The predicted octanol–water partition coefficient (Wildman–Crippen LogP) is 2.11. The lowest BCUT2D eigenvalue weighted by Gasteiger charge is -2.48. The topological polar surface area (TPSA) is 62.7 Å². The Balaban J connectivity index is 1.52. The minimum atomic E-state index is 0.409. The molecule has 3 heterocycles. The van der Waals surface area contributed by atoms with E-state index in [1.807, 2.05) is 12.1 Å². The number of nitrogens with one attached hydrogen (secondary N) is 2. The molecule has 2 fully saturated rings. The van der Waals surface area contributed by atoms with Crippen LogP contribution in [0.5, 0.6) is 0 Å². The van der Waals surface area contributed by atoms with Gasteiger partial charge in [-0.1, -0.05) is 0 Å². The number of nitrogens with zero attached hydrogens (tertiary/aromatic N) is 3. The molecule has 5 heteroatoms. The molecule has 0 radical (unpaired) electrons. The van der Waals surface area contributed by atoms with Crippen LogP contribution in [0.15, 0.2) is 24.5 Å². The van der Waals surface area contributed by atoms with Gasteiger partial charge in [0.2, 0.25) is 0 Å². The Morgan fingerprint density at radius 3 is 2.95 bits per heavy atom. The zero-order valence-electron chi connectivity index (χ0n) is 11.5. The number of hydrogen-bond acceptors (Lipinski definition) is 5. The standard InChI is InChI=1S/C15H19N5/c1-5-15(6-1)10-11(4-7-18-15)19-13-3-2-12-14(20-13)17-9-8-16-12/h2-3,8-9,11,18H,1,4-7,10H2,(H,17,19,20). The third-order valence-electron chi connectivity index (χ3n) is 4.62. The summed E-state index contributed by atoms with van der Waals surface area (Å²) in [4.78, 5) is 13.1. The van der Waals surface area contributed by atoms with E-state index in [4.69, 9.17) is 0 Å². The molecule has 4 rings (SSSR count). The number of piperidine rings is 1. The lowest BCUT2D eigenvalue weighted by molar-refractivity contribution is 0.135. The summed E-state index contributed by atoms with van der Waals surface area (Å²) in [6.45, 7) is 1.10. The molecule has 1 unspecified atom stereocenters. The Labute approximate surface area is 118 Å². The molecule has 0 aromatic carbocycles. The van der Waals surface area contributed by atoms with Crippen molar-refractivity contribution in [2.45, 2.75) is 43.7 Å². The highest BCUT2D eigenvalue weighted by Gasteiger charge is 2.40. The first kappa shape index (κ1) is 12.0. The quantitative estimate of drug-likeness (QED) is 0.874. The fraction of sp³-hybridized carbons (Fsp3) is 0.533. The summed E-state index contributed by atoms with van der Waals surface area (Å²) in [7, 11) is 0. The smallest absolute Gasteiger partial charge is 0.180 e. The van der Waals surface area contributed by atoms with Crippen LogP contribution in [0.3, 0.4) is 0 Å². The highest BCUT2D eigenvalue weighted by atomic mass is 15.1. The van der Waals surface area contributed by atoms with Gasteiger partial charge in [-0.3, -0.25) is 4.98 Å². The van der Waals surface area contributed by atoms with Crippen LogP contribution in [0.4, 0.5) is 5.82 Å². The summed E-state index contributed by atoms with van der Waals surface area (Å²) in [6, 6.07) is 4.50. The Morgan fingerprint density at radius 2 is 2.10 bits per heavy atom. The molecule has 2 aromatic rings. The Bertz CT molecular complexity index is 622. The number of fused-ring (bicyclic) bond motifs is 1. The minimum Gasteiger partial charge on any atom is -0.367 e. The number of rotatable bonds is 2. The van der Waals surface area contributed by atoms with Crippen LogP contribution in [0.1, 0.15) is 32.1 Å². The Morgan fingerprint density at radius 1 is 1.20 bits per heavy atom. The summed E-state index contributed by atoms with van der Waals surface area (Å²) in [5, 5.41) is 7.27. The molecule has 1 aliphatic heterocycles. The first-order valence-corrected chi connectivity index (χ1v) is 7.42. The van der Waals surface area contributed by atoms with E-state index in [-0.39, 0.29) is 0 Å². The highest BCUT2D eigenvalue weighted by molar-refractivity contribution is 5.71. The van der Waals surface area contributed by atoms with Gasteiger partial charge in [0, 0.05) is 24.0 Å².